The summed E-state index contributed by atoms with van der Waals surface area (Å²) < 4.78 is 1.88. The molecule has 0 saturated carbocycles. The molecule has 0 spiro atoms. The fraction of sp³-hybridized carbons (Fsp3) is 0.222. The molecule has 0 unspecified atom stereocenters. The van der Waals surface area contributed by atoms with Gasteiger partial charge in [-0.05, 0) is 36.9 Å². The number of hydrogen-bond donors (Lipinski definition) is 1. The van der Waals surface area contributed by atoms with Crippen LogP contribution in [-0.2, 0) is 4.79 Å². The molecule has 0 aliphatic carbocycles. The molecule has 2 aromatic heterocycles. The Hall–Kier alpha value is -2.05. The van der Waals surface area contributed by atoms with E-state index in [1.54, 1.807) is 23.1 Å². The number of hydrogen-bond acceptors (Lipinski definition) is 4. The Morgan fingerprint density at radius 3 is 2.79 bits per heavy atom. The molecule has 1 aromatic carbocycles. The smallest absolute Gasteiger partial charge is 0.235 e. The van der Waals surface area contributed by atoms with Crippen LogP contribution in [0.4, 0.5) is 5.82 Å². The molecule has 4 nitrogen and oxygen atoms in total. The molecule has 1 aliphatic rings. The average Bonchev–Trinajstić information content (AvgIpc) is 3.15. The topological polar surface area (TPSA) is 46.9 Å². The number of thiophene rings is 1. The van der Waals surface area contributed by atoms with Crippen LogP contribution in [0.3, 0.4) is 0 Å². The molecule has 1 aliphatic heterocycles. The van der Waals surface area contributed by atoms with Crippen molar-refractivity contribution in [3.05, 3.63) is 63.5 Å². The average molecular weight is 355 g/mol. The highest BCUT2D eigenvalue weighted by atomic mass is 32.2. The fourth-order valence-corrected chi connectivity index (χ4v) is 5.19. The van der Waals surface area contributed by atoms with E-state index in [0.29, 0.717) is 5.75 Å². The number of aromatic nitrogens is 2. The SMILES string of the molecule is Cc1ccccc1-n1nc(C)c2c1NC(=O)CS[C@@H]2c1cccs1. The largest absolute Gasteiger partial charge is 0.310 e. The lowest BCUT2D eigenvalue weighted by atomic mass is 10.1. The molecular formula is C18H17N3OS2. The molecule has 1 atom stereocenters. The van der Waals surface area contributed by atoms with Gasteiger partial charge in [0.2, 0.25) is 5.91 Å². The summed E-state index contributed by atoms with van der Waals surface area (Å²) in [6.07, 6.45) is 0. The third-order valence-corrected chi connectivity index (χ3v) is 6.49. The molecule has 0 saturated heterocycles. The van der Waals surface area contributed by atoms with Crippen molar-refractivity contribution in [3.63, 3.8) is 0 Å². The monoisotopic (exact) mass is 355 g/mol. The summed E-state index contributed by atoms with van der Waals surface area (Å²) in [6.45, 7) is 4.08. The number of benzene rings is 1. The van der Waals surface area contributed by atoms with Gasteiger partial charge in [-0.3, -0.25) is 4.79 Å². The normalized spacial score (nSPS) is 17.2. The second kappa shape index (κ2) is 6.11. The van der Waals surface area contributed by atoms with Crippen molar-refractivity contribution in [2.75, 3.05) is 11.1 Å². The summed E-state index contributed by atoms with van der Waals surface area (Å²) in [7, 11) is 0. The lowest BCUT2D eigenvalue weighted by Crippen LogP contribution is -2.16. The summed E-state index contributed by atoms with van der Waals surface area (Å²) in [6, 6.07) is 12.3. The van der Waals surface area contributed by atoms with Crippen LogP contribution in [0.15, 0.2) is 41.8 Å². The first-order valence-corrected chi connectivity index (χ1v) is 9.68. The van der Waals surface area contributed by atoms with E-state index in [2.05, 4.69) is 35.8 Å². The van der Waals surface area contributed by atoms with Crippen molar-refractivity contribution >= 4 is 34.8 Å². The molecule has 1 N–H and O–H groups in total. The van der Waals surface area contributed by atoms with E-state index in [0.717, 1.165) is 28.3 Å². The highest BCUT2D eigenvalue weighted by Gasteiger charge is 2.31. The zero-order chi connectivity index (χ0) is 16.7. The van der Waals surface area contributed by atoms with Crippen molar-refractivity contribution in [3.8, 4) is 5.69 Å². The van der Waals surface area contributed by atoms with Gasteiger partial charge < -0.3 is 5.32 Å². The van der Waals surface area contributed by atoms with Crippen LogP contribution in [0.1, 0.15) is 26.9 Å². The van der Waals surface area contributed by atoms with Crippen LogP contribution < -0.4 is 5.32 Å². The Labute approximate surface area is 148 Å². The first-order chi connectivity index (χ1) is 11.6. The van der Waals surface area contributed by atoms with Gasteiger partial charge in [-0.2, -0.15) is 5.10 Å². The Kier molecular flexibility index (Phi) is 3.94. The van der Waals surface area contributed by atoms with E-state index < -0.39 is 0 Å². The van der Waals surface area contributed by atoms with Gasteiger partial charge in [-0.1, -0.05) is 24.3 Å². The molecule has 4 rings (SSSR count). The van der Waals surface area contributed by atoms with Gasteiger partial charge in [0.15, 0.2) is 0 Å². The molecule has 122 valence electrons. The maximum atomic E-state index is 12.3. The van der Waals surface area contributed by atoms with Crippen molar-refractivity contribution in [1.29, 1.82) is 0 Å². The summed E-state index contributed by atoms with van der Waals surface area (Å²) in [5, 5.41) is 10.0. The Morgan fingerprint density at radius 1 is 1.21 bits per heavy atom. The van der Waals surface area contributed by atoms with E-state index in [9.17, 15) is 4.79 Å². The number of rotatable bonds is 2. The Bertz CT molecular complexity index is 899. The van der Waals surface area contributed by atoms with Gasteiger partial charge in [0.1, 0.15) is 5.82 Å². The van der Waals surface area contributed by atoms with Gasteiger partial charge in [0.05, 0.1) is 22.4 Å². The Balaban J connectivity index is 1.93. The summed E-state index contributed by atoms with van der Waals surface area (Å²) in [5.74, 6) is 1.27. The lowest BCUT2D eigenvalue weighted by Gasteiger charge is -2.13. The van der Waals surface area contributed by atoms with E-state index in [-0.39, 0.29) is 11.2 Å². The second-order valence-electron chi connectivity index (χ2n) is 5.80. The van der Waals surface area contributed by atoms with Gasteiger partial charge in [0, 0.05) is 10.4 Å². The molecule has 0 radical (unpaired) electrons. The predicted molar refractivity (Wildman–Crippen MR) is 100 cm³/mol. The molecule has 0 fully saturated rings. The minimum Gasteiger partial charge on any atom is -0.310 e. The van der Waals surface area contributed by atoms with E-state index in [1.807, 2.05) is 29.8 Å². The van der Waals surface area contributed by atoms with E-state index in [1.165, 1.54) is 4.88 Å². The van der Waals surface area contributed by atoms with Crippen LogP contribution in [0, 0.1) is 13.8 Å². The fourth-order valence-electron chi connectivity index (χ4n) is 3.02. The number of para-hydroxylation sites is 1. The predicted octanol–water partition coefficient (Wildman–Crippen LogP) is 4.33. The number of aryl methyl sites for hydroxylation is 2. The van der Waals surface area contributed by atoms with Crippen molar-refractivity contribution in [2.24, 2.45) is 0 Å². The molecule has 3 heterocycles. The Morgan fingerprint density at radius 2 is 2.04 bits per heavy atom. The van der Waals surface area contributed by atoms with Crippen LogP contribution >= 0.6 is 23.1 Å². The van der Waals surface area contributed by atoms with Gasteiger partial charge in [0.25, 0.3) is 0 Å². The van der Waals surface area contributed by atoms with E-state index in [4.69, 9.17) is 5.10 Å². The number of thioether (sulfide) groups is 1. The first kappa shape index (κ1) is 15.5. The zero-order valence-electron chi connectivity index (χ0n) is 13.4. The van der Waals surface area contributed by atoms with Crippen LogP contribution in [-0.4, -0.2) is 21.4 Å². The molecule has 24 heavy (non-hydrogen) atoms. The first-order valence-electron chi connectivity index (χ1n) is 7.75. The number of carbonyl (C=O) groups excluding carboxylic acids is 1. The number of nitrogens with one attached hydrogen (secondary N) is 1. The standard InChI is InChI=1S/C18H17N3OS2/c1-11-6-3-4-7-13(11)21-18-16(12(2)20-21)17(14-8-5-9-23-14)24-10-15(22)19-18/h3-9,17H,10H2,1-2H3,(H,19,22)/t17-/m1/s1. The van der Waals surface area contributed by atoms with Crippen LogP contribution in [0.2, 0.25) is 0 Å². The molecule has 0 bridgehead atoms. The van der Waals surface area contributed by atoms with Crippen LogP contribution in [0.25, 0.3) is 5.69 Å². The van der Waals surface area contributed by atoms with Crippen molar-refractivity contribution in [1.82, 2.24) is 9.78 Å². The zero-order valence-corrected chi connectivity index (χ0v) is 15.1. The number of anilines is 1. The minimum atomic E-state index is 0.0232. The quantitative estimate of drug-likeness (QED) is 0.744. The van der Waals surface area contributed by atoms with Gasteiger partial charge in [-0.25, -0.2) is 4.68 Å². The number of amides is 1. The number of nitrogens with zero attached hydrogens (tertiary/aromatic N) is 2. The maximum absolute atomic E-state index is 12.3. The highest BCUT2D eigenvalue weighted by molar-refractivity contribution is 8.00. The third-order valence-electron chi connectivity index (χ3n) is 4.15. The summed E-state index contributed by atoms with van der Waals surface area (Å²) >= 11 is 3.39. The highest BCUT2D eigenvalue weighted by Crippen LogP contribution is 2.45. The van der Waals surface area contributed by atoms with Gasteiger partial charge >= 0.3 is 0 Å². The number of carbonyl (C=O) groups is 1. The van der Waals surface area contributed by atoms with Gasteiger partial charge in [-0.15, -0.1) is 23.1 Å². The van der Waals surface area contributed by atoms with Crippen LogP contribution in [0.5, 0.6) is 0 Å². The van der Waals surface area contributed by atoms with Crippen molar-refractivity contribution in [2.45, 2.75) is 19.1 Å². The number of fused-ring (bicyclic) bond motifs is 1. The summed E-state index contributed by atoms with van der Waals surface area (Å²) in [4.78, 5) is 13.5. The summed E-state index contributed by atoms with van der Waals surface area (Å²) in [5.41, 5.74) is 4.19. The molecule has 3 aromatic rings. The minimum absolute atomic E-state index is 0.0232. The lowest BCUT2D eigenvalue weighted by molar-refractivity contribution is -0.113. The third kappa shape index (κ3) is 2.56. The molecule has 1 amide bonds. The molecular weight excluding hydrogens is 338 g/mol. The maximum Gasteiger partial charge on any atom is 0.235 e. The second-order valence-corrected chi connectivity index (χ2v) is 7.87. The molecule has 6 heteroatoms. The van der Waals surface area contributed by atoms with Crippen molar-refractivity contribution < 1.29 is 4.79 Å². The van der Waals surface area contributed by atoms with E-state index >= 15 is 0 Å².